The summed E-state index contributed by atoms with van der Waals surface area (Å²) in [5.41, 5.74) is 4.19. The first kappa shape index (κ1) is 18.1. The first-order chi connectivity index (χ1) is 12.5. The first-order valence-corrected chi connectivity index (χ1v) is 9.22. The molecule has 0 aliphatic heterocycles. The van der Waals surface area contributed by atoms with E-state index in [1.54, 1.807) is 13.3 Å². The Bertz CT molecular complexity index is 883. The van der Waals surface area contributed by atoms with E-state index in [2.05, 4.69) is 42.3 Å². The molecule has 134 valence electrons. The van der Waals surface area contributed by atoms with Gasteiger partial charge in [0.1, 0.15) is 5.75 Å². The minimum Gasteiger partial charge on any atom is -0.497 e. The molecule has 0 unspecified atom stereocenters. The molecule has 0 aliphatic carbocycles. The van der Waals surface area contributed by atoms with Gasteiger partial charge >= 0.3 is 0 Å². The zero-order chi connectivity index (χ0) is 18.5. The van der Waals surface area contributed by atoms with Crippen LogP contribution in [0.1, 0.15) is 11.1 Å². The number of amides is 1. The summed E-state index contributed by atoms with van der Waals surface area (Å²) in [6.07, 6.45) is 3.67. The second kappa shape index (κ2) is 8.10. The topological polar surface area (TPSA) is 56.1 Å². The van der Waals surface area contributed by atoms with Gasteiger partial charge in [-0.05, 0) is 61.4 Å². The highest BCUT2D eigenvalue weighted by atomic mass is 32.2. The molecule has 1 amide bonds. The Morgan fingerprint density at radius 2 is 1.85 bits per heavy atom. The number of methoxy groups -OCH3 is 1. The molecular formula is C20H21N3O2S. The van der Waals surface area contributed by atoms with E-state index >= 15 is 0 Å². The van der Waals surface area contributed by atoms with Crippen molar-refractivity contribution in [1.29, 1.82) is 0 Å². The fraction of sp³-hybridized carbons (Fsp3) is 0.200. The zero-order valence-electron chi connectivity index (χ0n) is 15.0. The molecule has 6 heteroatoms. The molecular weight excluding hydrogens is 346 g/mol. The van der Waals surface area contributed by atoms with E-state index in [-0.39, 0.29) is 11.7 Å². The maximum atomic E-state index is 12.2. The van der Waals surface area contributed by atoms with Gasteiger partial charge in [-0.1, -0.05) is 17.8 Å². The number of hydrogen-bond donors (Lipinski definition) is 1. The number of rotatable bonds is 6. The van der Waals surface area contributed by atoms with Gasteiger partial charge in [0.25, 0.3) is 0 Å². The van der Waals surface area contributed by atoms with Gasteiger partial charge in [-0.2, -0.15) is 0 Å². The van der Waals surface area contributed by atoms with Crippen LogP contribution in [0.25, 0.3) is 5.69 Å². The molecule has 1 heterocycles. The molecule has 3 aromatic rings. The maximum absolute atomic E-state index is 12.2. The van der Waals surface area contributed by atoms with Crippen molar-refractivity contribution in [2.24, 2.45) is 0 Å². The van der Waals surface area contributed by atoms with Crippen molar-refractivity contribution in [3.8, 4) is 11.4 Å². The van der Waals surface area contributed by atoms with Gasteiger partial charge in [0, 0.05) is 23.8 Å². The van der Waals surface area contributed by atoms with E-state index in [4.69, 9.17) is 4.74 Å². The van der Waals surface area contributed by atoms with E-state index < -0.39 is 0 Å². The number of thioether (sulfide) groups is 1. The molecule has 0 bridgehead atoms. The van der Waals surface area contributed by atoms with Gasteiger partial charge in [-0.25, -0.2) is 4.98 Å². The highest BCUT2D eigenvalue weighted by Crippen LogP contribution is 2.22. The average Bonchev–Trinajstić information content (AvgIpc) is 3.08. The predicted octanol–water partition coefficient (Wildman–Crippen LogP) is 4.23. The lowest BCUT2D eigenvalue weighted by Gasteiger charge is -2.10. The van der Waals surface area contributed by atoms with Gasteiger partial charge < -0.3 is 10.1 Å². The van der Waals surface area contributed by atoms with Crippen LogP contribution in [0, 0.1) is 13.8 Å². The normalized spacial score (nSPS) is 10.6. The third-order valence-corrected chi connectivity index (χ3v) is 4.76. The largest absolute Gasteiger partial charge is 0.497 e. The highest BCUT2D eigenvalue weighted by Gasteiger charge is 2.10. The molecule has 1 N–H and O–H groups in total. The van der Waals surface area contributed by atoms with Crippen molar-refractivity contribution in [2.75, 3.05) is 18.2 Å². The molecule has 5 nitrogen and oxygen atoms in total. The SMILES string of the molecule is COc1ccc(NC(=O)CSc2nccn2-c2cc(C)cc(C)c2)cc1. The molecule has 0 radical (unpaired) electrons. The molecule has 0 aliphatic rings. The molecule has 26 heavy (non-hydrogen) atoms. The fourth-order valence-corrected chi connectivity index (χ4v) is 3.46. The standard InChI is InChI=1S/C20H21N3O2S/c1-14-10-15(2)12-17(11-14)23-9-8-21-20(23)26-13-19(24)22-16-4-6-18(25-3)7-5-16/h4-12H,13H2,1-3H3,(H,22,24). The number of ether oxygens (including phenoxy) is 1. The van der Waals surface area contributed by atoms with Crippen molar-refractivity contribution >= 4 is 23.4 Å². The van der Waals surface area contributed by atoms with Crippen molar-refractivity contribution in [2.45, 2.75) is 19.0 Å². The van der Waals surface area contributed by atoms with Crippen LogP contribution in [-0.4, -0.2) is 28.3 Å². The third-order valence-electron chi connectivity index (χ3n) is 3.80. The zero-order valence-corrected chi connectivity index (χ0v) is 15.8. The lowest BCUT2D eigenvalue weighted by Crippen LogP contribution is -2.14. The molecule has 1 aromatic heterocycles. The number of benzene rings is 2. The van der Waals surface area contributed by atoms with Crippen LogP contribution >= 0.6 is 11.8 Å². The number of hydrogen-bond acceptors (Lipinski definition) is 4. The Balaban J connectivity index is 1.64. The Kier molecular flexibility index (Phi) is 5.63. The molecule has 0 atom stereocenters. The van der Waals surface area contributed by atoms with Gasteiger partial charge in [-0.15, -0.1) is 0 Å². The number of carbonyl (C=O) groups is 1. The molecule has 2 aromatic carbocycles. The predicted molar refractivity (Wildman–Crippen MR) is 105 cm³/mol. The lowest BCUT2D eigenvalue weighted by molar-refractivity contribution is -0.113. The van der Waals surface area contributed by atoms with Crippen LogP contribution in [0.2, 0.25) is 0 Å². The summed E-state index contributed by atoms with van der Waals surface area (Å²) in [5, 5.41) is 3.67. The van der Waals surface area contributed by atoms with E-state index in [1.165, 1.54) is 22.9 Å². The summed E-state index contributed by atoms with van der Waals surface area (Å²) in [7, 11) is 1.61. The van der Waals surface area contributed by atoms with Gasteiger partial charge in [0.2, 0.25) is 5.91 Å². The summed E-state index contributed by atoms with van der Waals surface area (Å²) in [6, 6.07) is 13.6. The van der Waals surface area contributed by atoms with Gasteiger partial charge in [-0.3, -0.25) is 9.36 Å². The minimum atomic E-state index is -0.0739. The fourth-order valence-electron chi connectivity index (χ4n) is 2.68. The van der Waals surface area contributed by atoms with Crippen LogP contribution in [-0.2, 0) is 4.79 Å². The van der Waals surface area contributed by atoms with Crippen LogP contribution in [0.5, 0.6) is 5.75 Å². The molecule has 0 spiro atoms. The number of nitrogens with one attached hydrogen (secondary N) is 1. The van der Waals surface area contributed by atoms with Crippen LogP contribution in [0.4, 0.5) is 5.69 Å². The summed E-state index contributed by atoms with van der Waals surface area (Å²) in [4.78, 5) is 16.6. The summed E-state index contributed by atoms with van der Waals surface area (Å²) in [6.45, 7) is 4.14. The third kappa shape index (κ3) is 4.46. The number of nitrogens with zero attached hydrogens (tertiary/aromatic N) is 2. The van der Waals surface area contributed by atoms with Gasteiger partial charge in [0.15, 0.2) is 5.16 Å². The van der Waals surface area contributed by atoms with Crippen molar-refractivity contribution in [3.05, 3.63) is 66.0 Å². The van der Waals surface area contributed by atoms with Gasteiger partial charge in [0.05, 0.1) is 12.9 Å². The Morgan fingerprint density at radius 1 is 1.15 bits per heavy atom. The summed E-state index contributed by atoms with van der Waals surface area (Å²) < 4.78 is 7.12. The number of carbonyl (C=O) groups excluding carboxylic acids is 1. The molecule has 3 rings (SSSR count). The highest BCUT2D eigenvalue weighted by molar-refractivity contribution is 7.99. The van der Waals surface area contributed by atoms with Crippen LogP contribution in [0.3, 0.4) is 0 Å². The number of aromatic nitrogens is 2. The lowest BCUT2D eigenvalue weighted by atomic mass is 10.1. The van der Waals surface area contributed by atoms with Crippen molar-refractivity contribution in [3.63, 3.8) is 0 Å². The van der Waals surface area contributed by atoms with E-state index in [1.807, 2.05) is 35.0 Å². The van der Waals surface area contributed by atoms with E-state index in [9.17, 15) is 4.79 Å². The maximum Gasteiger partial charge on any atom is 0.234 e. The first-order valence-electron chi connectivity index (χ1n) is 8.24. The minimum absolute atomic E-state index is 0.0739. The Labute approximate surface area is 157 Å². The van der Waals surface area contributed by atoms with Crippen LogP contribution in [0.15, 0.2) is 60.0 Å². The van der Waals surface area contributed by atoms with Crippen molar-refractivity contribution in [1.82, 2.24) is 9.55 Å². The number of aryl methyl sites for hydroxylation is 2. The number of imidazole rings is 1. The average molecular weight is 367 g/mol. The Hall–Kier alpha value is -2.73. The summed E-state index contributed by atoms with van der Waals surface area (Å²) >= 11 is 1.41. The number of anilines is 1. The quantitative estimate of drug-likeness (QED) is 0.663. The van der Waals surface area contributed by atoms with E-state index in [0.717, 1.165) is 22.3 Å². The summed E-state index contributed by atoms with van der Waals surface area (Å²) in [5.74, 6) is 0.969. The van der Waals surface area contributed by atoms with Crippen molar-refractivity contribution < 1.29 is 9.53 Å². The molecule has 0 saturated heterocycles. The second-order valence-corrected chi connectivity index (χ2v) is 6.93. The molecule has 0 fully saturated rings. The van der Waals surface area contributed by atoms with E-state index in [0.29, 0.717) is 0 Å². The monoisotopic (exact) mass is 367 g/mol. The second-order valence-electron chi connectivity index (χ2n) is 5.99. The Morgan fingerprint density at radius 3 is 2.50 bits per heavy atom. The molecule has 0 saturated carbocycles. The smallest absolute Gasteiger partial charge is 0.234 e. The van der Waals surface area contributed by atoms with Crippen LogP contribution < -0.4 is 10.1 Å².